The molecule has 3 nitrogen and oxygen atoms in total. The lowest BCUT2D eigenvalue weighted by molar-refractivity contribution is 0.0740. The molecule has 2 N–H and O–H groups in total. The molecule has 1 aromatic carbocycles. The van der Waals surface area contributed by atoms with Gasteiger partial charge in [-0.25, -0.2) is 0 Å². The molecule has 0 bridgehead atoms. The van der Waals surface area contributed by atoms with Gasteiger partial charge in [-0.3, -0.25) is 0 Å². The van der Waals surface area contributed by atoms with Crippen molar-refractivity contribution in [2.75, 3.05) is 6.61 Å². The van der Waals surface area contributed by atoms with Crippen molar-refractivity contribution < 1.29 is 14.9 Å². The predicted molar refractivity (Wildman–Crippen MR) is 124 cm³/mol. The van der Waals surface area contributed by atoms with Crippen molar-refractivity contribution in [2.24, 2.45) is 0 Å². The van der Waals surface area contributed by atoms with Gasteiger partial charge in [0, 0.05) is 17.7 Å². The number of hydrogen-bond donors (Lipinski definition) is 2. The van der Waals surface area contributed by atoms with Crippen LogP contribution < -0.4 is 0 Å². The molecule has 1 unspecified atom stereocenters. The van der Waals surface area contributed by atoms with Gasteiger partial charge in [-0.1, -0.05) is 34.9 Å². The summed E-state index contributed by atoms with van der Waals surface area (Å²) in [6.07, 6.45) is 11.2. The first kappa shape index (κ1) is 25.0. The van der Waals surface area contributed by atoms with Crippen LogP contribution in [0.2, 0.25) is 0 Å². The molecule has 0 aliphatic rings. The number of hydrogen-bond acceptors (Lipinski definition) is 3. The molecule has 0 fully saturated rings. The van der Waals surface area contributed by atoms with E-state index in [4.69, 9.17) is 4.74 Å². The molecule has 0 heterocycles. The summed E-state index contributed by atoms with van der Waals surface area (Å²) in [6, 6.07) is 1.72. The van der Waals surface area contributed by atoms with Crippen LogP contribution in [0.3, 0.4) is 0 Å². The second-order valence-corrected chi connectivity index (χ2v) is 8.21. The van der Waals surface area contributed by atoms with Crippen molar-refractivity contribution >= 4 is 0 Å². The zero-order chi connectivity index (χ0) is 22.0. The Morgan fingerprint density at radius 2 is 1.59 bits per heavy atom. The van der Waals surface area contributed by atoms with E-state index < -0.39 is 0 Å². The summed E-state index contributed by atoms with van der Waals surface area (Å²) >= 11 is 0. The Hall–Kier alpha value is -2.00. The van der Waals surface area contributed by atoms with Crippen molar-refractivity contribution in [2.45, 2.75) is 86.7 Å². The minimum Gasteiger partial charge on any atom is -0.508 e. The van der Waals surface area contributed by atoms with Gasteiger partial charge in [0.25, 0.3) is 0 Å². The Balaban J connectivity index is 2.77. The average molecular weight is 401 g/mol. The van der Waals surface area contributed by atoms with Crippen molar-refractivity contribution in [3.63, 3.8) is 0 Å². The average Bonchev–Trinajstić information content (AvgIpc) is 2.61. The van der Waals surface area contributed by atoms with Crippen LogP contribution in [-0.4, -0.2) is 16.8 Å². The fraction of sp³-hybridized carbons (Fsp3) is 0.538. The number of aryl methyl sites for hydroxylation is 1. The molecule has 1 rings (SSSR count). The predicted octanol–water partition coefficient (Wildman–Crippen LogP) is 7.47. The van der Waals surface area contributed by atoms with Crippen molar-refractivity contribution in [1.29, 1.82) is 0 Å². The van der Waals surface area contributed by atoms with Gasteiger partial charge in [0.05, 0.1) is 6.10 Å². The molecule has 1 aromatic rings. The Morgan fingerprint density at radius 3 is 2.17 bits per heavy atom. The lowest BCUT2D eigenvalue weighted by Crippen LogP contribution is -2.04. The second kappa shape index (κ2) is 12.5. The number of benzene rings is 1. The largest absolute Gasteiger partial charge is 0.508 e. The fourth-order valence-corrected chi connectivity index (χ4v) is 3.50. The summed E-state index contributed by atoms with van der Waals surface area (Å²) in [5.74, 6) is 0.300. The van der Waals surface area contributed by atoms with E-state index in [1.54, 1.807) is 6.07 Å². The third kappa shape index (κ3) is 8.49. The van der Waals surface area contributed by atoms with Gasteiger partial charge >= 0.3 is 0 Å². The maximum atomic E-state index is 10.7. The Morgan fingerprint density at radius 1 is 1.00 bits per heavy atom. The zero-order valence-electron chi connectivity index (χ0n) is 19.4. The van der Waals surface area contributed by atoms with Gasteiger partial charge in [-0.05, 0) is 92.2 Å². The van der Waals surface area contributed by atoms with Crippen LogP contribution in [0.15, 0.2) is 41.0 Å². The first-order chi connectivity index (χ1) is 13.7. The molecule has 162 valence electrons. The van der Waals surface area contributed by atoms with Gasteiger partial charge in [-0.15, -0.1) is 0 Å². The van der Waals surface area contributed by atoms with E-state index in [0.717, 1.165) is 36.8 Å². The van der Waals surface area contributed by atoms with Gasteiger partial charge < -0.3 is 14.9 Å². The SMILES string of the molecule is CCOC(C)c1c(C)cc(O)c(CC=C(C)CCC=C(C)CCC=C(C)C)c1O. The highest BCUT2D eigenvalue weighted by Gasteiger charge is 2.19. The maximum absolute atomic E-state index is 10.7. The number of ether oxygens (including phenoxy) is 1. The fourth-order valence-electron chi connectivity index (χ4n) is 3.50. The molecule has 0 radical (unpaired) electrons. The van der Waals surface area contributed by atoms with Crippen molar-refractivity contribution in [3.8, 4) is 11.5 Å². The molecule has 1 atom stereocenters. The smallest absolute Gasteiger partial charge is 0.128 e. The van der Waals surface area contributed by atoms with Crippen LogP contribution in [0.5, 0.6) is 11.5 Å². The summed E-state index contributed by atoms with van der Waals surface area (Å²) in [4.78, 5) is 0. The normalized spacial score (nSPS) is 13.5. The minimum atomic E-state index is -0.205. The summed E-state index contributed by atoms with van der Waals surface area (Å²) in [6.45, 7) is 14.9. The molecule has 0 aliphatic heterocycles. The van der Waals surface area contributed by atoms with Crippen molar-refractivity contribution in [1.82, 2.24) is 0 Å². The van der Waals surface area contributed by atoms with Crippen LogP contribution in [0.25, 0.3) is 0 Å². The van der Waals surface area contributed by atoms with Crippen LogP contribution >= 0.6 is 0 Å². The van der Waals surface area contributed by atoms with Crippen LogP contribution in [-0.2, 0) is 11.2 Å². The standard InChI is InChI=1S/C26H40O3/c1-8-29-22(7)25-21(6)17-24(27)23(26(25)28)16-15-20(5)14-10-13-19(4)12-9-11-18(2)3/h11,13,15,17,22,27-28H,8-10,12,14,16H2,1-7H3. The van der Waals surface area contributed by atoms with E-state index in [-0.39, 0.29) is 17.6 Å². The lowest BCUT2D eigenvalue weighted by atomic mass is 9.95. The summed E-state index contributed by atoms with van der Waals surface area (Å²) in [5.41, 5.74) is 6.25. The number of aromatic hydroxyl groups is 2. The summed E-state index contributed by atoms with van der Waals surface area (Å²) in [7, 11) is 0. The van der Waals surface area contributed by atoms with E-state index in [1.165, 1.54) is 16.7 Å². The minimum absolute atomic E-state index is 0.145. The molecule has 0 spiro atoms. The quantitative estimate of drug-likeness (QED) is 0.379. The highest BCUT2D eigenvalue weighted by atomic mass is 16.5. The van der Waals surface area contributed by atoms with Gasteiger partial charge in [0.1, 0.15) is 11.5 Å². The zero-order valence-corrected chi connectivity index (χ0v) is 19.4. The molecule has 29 heavy (non-hydrogen) atoms. The van der Waals surface area contributed by atoms with E-state index in [9.17, 15) is 10.2 Å². The molecule has 0 aromatic heterocycles. The number of rotatable bonds is 11. The summed E-state index contributed by atoms with van der Waals surface area (Å²) in [5, 5.41) is 21.1. The maximum Gasteiger partial charge on any atom is 0.128 e. The van der Waals surface area contributed by atoms with Gasteiger partial charge in [0.2, 0.25) is 0 Å². The third-order valence-electron chi connectivity index (χ3n) is 5.23. The van der Waals surface area contributed by atoms with Gasteiger partial charge in [0.15, 0.2) is 0 Å². The van der Waals surface area contributed by atoms with E-state index >= 15 is 0 Å². The van der Waals surface area contributed by atoms with Crippen molar-refractivity contribution in [3.05, 3.63) is 57.7 Å². The summed E-state index contributed by atoms with van der Waals surface area (Å²) < 4.78 is 5.66. The monoisotopic (exact) mass is 400 g/mol. The molecule has 0 saturated heterocycles. The molecule has 0 saturated carbocycles. The number of phenolic OH excluding ortho intramolecular Hbond substituents is 2. The van der Waals surface area contributed by atoms with Crippen LogP contribution in [0.1, 0.15) is 90.0 Å². The van der Waals surface area contributed by atoms with E-state index in [2.05, 4.69) is 45.9 Å². The van der Waals surface area contributed by atoms with Crippen LogP contribution in [0, 0.1) is 6.92 Å². The van der Waals surface area contributed by atoms with Gasteiger partial charge in [-0.2, -0.15) is 0 Å². The van der Waals surface area contributed by atoms with E-state index in [1.807, 2.05) is 20.8 Å². The Labute approximate surface area is 177 Å². The van der Waals surface area contributed by atoms with Crippen LogP contribution in [0.4, 0.5) is 0 Å². The number of allylic oxidation sites excluding steroid dienone is 6. The topological polar surface area (TPSA) is 49.7 Å². The lowest BCUT2D eigenvalue weighted by Gasteiger charge is -2.19. The second-order valence-electron chi connectivity index (χ2n) is 8.21. The third-order valence-corrected chi connectivity index (χ3v) is 5.23. The molecule has 3 heteroatoms. The highest BCUT2D eigenvalue weighted by Crippen LogP contribution is 2.38. The number of phenols is 2. The Kier molecular flexibility index (Phi) is 10.8. The van der Waals surface area contributed by atoms with E-state index in [0.29, 0.717) is 18.6 Å². The molecular weight excluding hydrogens is 360 g/mol. The molecule has 0 amide bonds. The Bertz CT molecular complexity index is 750. The molecular formula is C26H40O3. The first-order valence-electron chi connectivity index (χ1n) is 10.8. The highest BCUT2D eigenvalue weighted by molar-refractivity contribution is 5.54. The first-order valence-corrected chi connectivity index (χ1v) is 10.8. The molecule has 0 aliphatic carbocycles.